The molecule has 2 aromatic rings. The molecule has 0 unspecified atom stereocenters. The molecule has 0 spiro atoms. The van der Waals surface area contributed by atoms with E-state index in [2.05, 4.69) is 5.32 Å². The van der Waals surface area contributed by atoms with Crippen molar-refractivity contribution < 1.29 is 28.2 Å². The summed E-state index contributed by atoms with van der Waals surface area (Å²) in [5, 5.41) is 2.49. The lowest BCUT2D eigenvalue weighted by Crippen LogP contribution is -2.30. The molecule has 0 aromatic heterocycles. The summed E-state index contributed by atoms with van der Waals surface area (Å²) in [5.41, 5.74) is 0.894. The predicted molar refractivity (Wildman–Crippen MR) is 93.8 cm³/mol. The van der Waals surface area contributed by atoms with Crippen LogP contribution >= 0.6 is 0 Å². The molecule has 0 saturated heterocycles. The van der Waals surface area contributed by atoms with Gasteiger partial charge in [-0.25, -0.2) is 4.39 Å². The number of methoxy groups -OCH3 is 2. The summed E-state index contributed by atoms with van der Waals surface area (Å²) in [6, 6.07) is 10.5. The highest BCUT2D eigenvalue weighted by Crippen LogP contribution is 2.25. The Kier molecular flexibility index (Phi) is 6.54. The highest BCUT2D eigenvalue weighted by Gasteiger charge is 2.19. The third kappa shape index (κ3) is 5.20. The number of benzene rings is 2. The standard InChI is InChI=1S/C19H20FNO5/c1-12(19(23)21-15-6-4-5-14(20)10-15)26-18(22)9-13-7-8-16(24-2)11-17(13)25-3/h4-8,10-12H,9H2,1-3H3,(H,21,23)/t12-/m1/s1. The molecule has 1 atom stereocenters. The Morgan fingerprint density at radius 3 is 2.54 bits per heavy atom. The molecule has 7 heteroatoms. The van der Waals surface area contributed by atoms with Gasteiger partial charge in [0.05, 0.1) is 20.6 Å². The van der Waals surface area contributed by atoms with Gasteiger partial charge in [-0.1, -0.05) is 12.1 Å². The third-order valence-corrected chi connectivity index (χ3v) is 3.60. The minimum Gasteiger partial charge on any atom is -0.497 e. The van der Waals surface area contributed by atoms with Gasteiger partial charge in [-0.2, -0.15) is 0 Å². The van der Waals surface area contributed by atoms with Crippen molar-refractivity contribution in [3.05, 3.63) is 53.8 Å². The van der Waals surface area contributed by atoms with Crippen molar-refractivity contribution in [3.8, 4) is 11.5 Å². The van der Waals surface area contributed by atoms with Crippen LogP contribution in [0.2, 0.25) is 0 Å². The molecular formula is C19H20FNO5. The van der Waals surface area contributed by atoms with E-state index >= 15 is 0 Å². The Bertz CT molecular complexity index is 793. The van der Waals surface area contributed by atoms with E-state index in [4.69, 9.17) is 14.2 Å². The van der Waals surface area contributed by atoms with Crippen molar-refractivity contribution in [2.24, 2.45) is 0 Å². The van der Waals surface area contributed by atoms with Crippen molar-refractivity contribution in [1.82, 2.24) is 0 Å². The Labute approximate surface area is 150 Å². The molecule has 0 heterocycles. The maximum atomic E-state index is 13.1. The molecule has 0 aliphatic heterocycles. The van der Waals surface area contributed by atoms with E-state index in [9.17, 15) is 14.0 Å². The molecule has 0 aliphatic carbocycles. The van der Waals surface area contributed by atoms with Crippen LogP contribution in [0, 0.1) is 5.82 Å². The molecule has 2 aromatic carbocycles. The summed E-state index contributed by atoms with van der Waals surface area (Å²) in [7, 11) is 3.01. The summed E-state index contributed by atoms with van der Waals surface area (Å²) < 4.78 is 28.6. The van der Waals surface area contributed by atoms with Gasteiger partial charge in [-0.05, 0) is 31.2 Å². The van der Waals surface area contributed by atoms with Gasteiger partial charge in [0.2, 0.25) is 0 Å². The highest BCUT2D eigenvalue weighted by atomic mass is 19.1. The quantitative estimate of drug-likeness (QED) is 0.768. The Hall–Kier alpha value is -3.09. The number of nitrogens with one attached hydrogen (secondary N) is 1. The predicted octanol–water partition coefficient (Wildman–Crippen LogP) is 2.96. The largest absolute Gasteiger partial charge is 0.497 e. The van der Waals surface area contributed by atoms with E-state index in [1.54, 1.807) is 18.2 Å². The minimum absolute atomic E-state index is 0.0647. The molecule has 1 N–H and O–H groups in total. The summed E-state index contributed by atoms with van der Waals surface area (Å²) in [4.78, 5) is 24.2. The fraction of sp³-hybridized carbons (Fsp3) is 0.263. The average Bonchev–Trinajstić information content (AvgIpc) is 2.61. The third-order valence-electron chi connectivity index (χ3n) is 3.60. The SMILES string of the molecule is COc1ccc(CC(=O)O[C@H](C)C(=O)Nc2cccc(F)c2)c(OC)c1. The Balaban J connectivity index is 1.95. The van der Waals surface area contributed by atoms with Crippen molar-refractivity contribution >= 4 is 17.6 Å². The summed E-state index contributed by atoms with van der Waals surface area (Å²) in [5.74, 6) is -0.528. The number of hydrogen-bond donors (Lipinski definition) is 1. The number of rotatable bonds is 7. The second-order valence-electron chi connectivity index (χ2n) is 5.49. The molecular weight excluding hydrogens is 341 g/mol. The first kappa shape index (κ1) is 19.2. The lowest BCUT2D eigenvalue weighted by molar-refractivity contribution is -0.152. The maximum Gasteiger partial charge on any atom is 0.311 e. The van der Waals surface area contributed by atoms with E-state index in [0.717, 1.165) is 0 Å². The second kappa shape index (κ2) is 8.84. The number of anilines is 1. The lowest BCUT2D eigenvalue weighted by atomic mass is 10.1. The molecule has 0 radical (unpaired) electrons. The van der Waals surface area contributed by atoms with Crippen molar-refractivity contribution in [2.75, 3.05) is 19.5 Å². The average molecular weight is 361 g/mol. The minimum atomic E-state index is -1.03. The molecule has 0 fully saturated rings. The number of esters is 1. The maximum absolute atomic E-state index is 13.1. The van der Waals surface area contributed by atoms with Crippen molar-refractivity contribution in [2.45, 2.75) is 19.4 Å². The van der Waals surface area contributed by atoms with Crippen LogP contribution in [0.15, 0.2) is 42.5 Å². The van der Waals surface area contributed by atoms with Crippen LogP contribution in [0.4, 0.5) is 10.1 Å². The zero-order valence-corrected chi connectivity index (χ0v) is 14.7. The number of amides is 1. The number of carbonyl (C=O) groups excluding carboxylic acids is 2. The van der Waals surface area contributed by atoms with Crippen LogP contribution in [0.1, 0.15) is 12.5 Å². The van der Waals surface area contributed by atoms with Gasteiger partial charge >= 0.3 is 5.97 Å². The van der Waals surface area contributed by atoms with Crippen LogP contribution in [0.25, 0.3) is 0 Å². The number of carbonyl (C=O) groups is 2. The van der Waals surface area contributed by atoms with Crippen LogP contribution < -0.4 is 14.8 Å². The monoisotopic (exact) mass is 361 g/mol. The summed E-state index contributed by atoms with van der Waals surface area (Å²) in [6.07, 6.45) is -1.10. The number of hydrogen-bond acceptors (Lipinski definition) is 5. The molecule has 0 bridgehead atoms. The first-order valence-corrected chi connectivity index (χ1v) is 7.89. The molecule has 2 rings (SSSR count). The van der Waals surface area contributed by atoms with Gasteiger partial charge in [0, 0.05) is 17.3 Å². The fourth-order valence-corrected chi connectivity index (χ4v) is 2.26. The normalized spacial score (nSPS) is 11.4. The van der Waals surface area contributed by atoms with E-state index in [0.29, 0.717) is 17.1 Å². The molecule has 0 saturated carbocycles. The van der Waals surface area contributed by atoms with Crippen LogP contribution in [0.5, 0.6) is 11.5 Å². The fourth-order valence-electron chi connectivity index (χ4n) is 2.26. The highest BCUT2D eigenvalue weighted by molar-refractivity contribution is 5.95. The van der Waals surface area contributed by atoms with Gasteiger partial charge in [0.1, 0.15) is 17.3 Å². The van der Waals surface area contributed by atoms with E-state index < -0.39 is 23.8 Å². The Morgan fingerprint density at radius 2 is 1.88 bits per heavy atom. The molecule has 0 aliphatic rings. The molecule has 6 nitrogen and oxygen atoms in total. The van der Waals surface area contributed by atoms with E-state index in [1.807, 2.05) is 0 Å². The van der Waals surface area contributed by atoms with Gasteiger partial charge in [0.25, 0.3) is 5.91 Å². The van der Waals surface area contributed by atoms with Crippen LogP contribution in [0.3, 0.4) is 0 Å². The smallest absolute Gasteiger partial charge is 0.311 e. The molecule has 26 heavy (non-hydrogen) atoms. The van der Waals surface area contributed by atoms with E-state index in [1.165, 1.54) is 45.4 Å². The second-order valence-corrected chi connectivity index (χ2v) is 5.49. The van der Waals surface area contributed by atoms with Crippen LogP contribution in [-0.4, -0.2) is 32.2 Å². The van der Waals surface area contributed by atoms with Crippen LogP contribution in [-0.2, 0) is 20.7 Å². The van der Waals surface area contributed by atoms with Crippen molar-refractivity contribution in [1.29, 1.82) is 0 Å². The number of ether oxygens (including phenoxy) is 3. The first-order valence-electron chi connectivity index (χ1n) is 7.89. The number of halogens is 1. The first-order chi connectivity index (χ1) is 12.4. The summed E-state index contributed by atoms with van der Waals surface area (Å²) in [6.45, 7) is 1.44. The molecule has 1 amide bonds. The zero-order valence-electron chi connectivity index (χ0n) is 14.7. The van der Waals surface area contributed by atoms with Crippen molar-refractivity contribution in [3.63, 3.8) is 0 Å². The zero-order chi connectivity index (χ0) is 19.1. The van der Waals surface area contributed by atoms with E-state index in [-0.39, 0.29) is 12.1 Å². The van der Waals surface area contributed by atoms with Gasteiger partial charge < -0.3 is 19.5 Å². The topological polar surface area (TPSA) is 73.9 Å². The van der Waals surface area contributed by atoms with Gasteiger partial charge in [-0.3, -0.25) is 9.59 Å². The molecule has 138 valence electrons. The lowest BCUT2D eigenvalue weighted by Gasteiger charge is -2.15. The Morgan fingerprint density at radius 1 is 1.12 bits per heavy atom. The van der Waals surface area contributed by atoms with Gasteiger partial charge in [0.15, 0.2) is 6.10 Å². The summed E-state index contributed by atoms with van der Waals surface area (Å²) >= 11 is 0. The van der Waals surface area contributed by atoms with Gasteiger partial charge in [-0.15, -0.1) is 0 Å².